The van der Waals surface area contributed by atoms with Crippen LogP contribution in [-0.2, 0) is 0 Å². The molecule has 3 aliphatic rings. The maximum Gasteiger partial charge on any atom is 0.0235 e. The Hall–Kier alpha value is -0.120. The molecule has 1 saturated carbocycles. The third-order valence-electron chi connectivity index (χ3n) is 4.90. The Kier molecular flexibility index (Phi) is 3.69. The fourth-order valence-corrected chi connectivity index (χ4v) is 3.74. The molecule has 3 heteroatoms. The summed E-state index contributed by atoms with van der Waals surface area (Å²) in [6.45, 7) is 6.23. The van der Waals surface area contributed by atoms with Gasteiger partial charge < -0.3 is 5.73 Å². The Morgan fingerprint density at radius 1 is 0.882 bits per heavy atom. The average Bonchev–Trinajstić information content (AvgIpc) is 3.08. The van der Waals surface area contributed by atoms with E-state index in [1.165, 1.54) is 64.7 Å². The van der Waals surface area contributed by atoms with Crippen LogP contribution in [0.4, 0.5) is 0 Å². The normalized spacial score (nSPS) is 36.5. The maximum atomic E-state index is 5.70. The summed E-state index contributed by atoms with van der Waals surface area (Å²) in [5, 5.41) is 0. The van der Waals surface area contributed by atoms with Crippen LogP contribution < -0.4 is 5.73 Å². The van der Waals surface area contributed by atoms with E-state index in [1.807, 2.05) is 0 Å². The van der Waals surface area contributed by atoms with Crippen molar-refractivity contribution in [2.75, 3.05) is 32.7 Å². The molecule has 0 bridgehead atoms. The fraction of sp³-hybridized carbons (Fsp3) is 1.00. The minimum Gasteiger partial charge on any atom is -0.330 e. The lowest BCUT2D eigenvalue weighted by molar-refractivity contribution is 0.120. The molecule has 0 radical (unpaired) electrons. The number of piperidine rings is 1. The fourth-order valence-electron chi connectivity index (χ4n) is 3.74. The number of hydrogen-bond donors (Lipinski definition) is 1. The number of rotatable bonds is 4. The Morgan fingerprint density at radius 2 is 1.71 bits per heavy atom. The molecular formula is C14H27N3. The van der Waals surface area contributed by atoms with Crippen molar-refractivity contribution < 1.29 is 0 Å². The van der Waals surface area contributed by atoms with Gasteiger partial charge in [-0.25, -0.2) is 0 Å². The van der Waals surface area contributed by atoms with E-state index in [2.05, 4.69) is 9.80 Å². The molecule has 0 amide bonds. The van der Waals surface area contributed by atoms with E-state index in [0.29, 0.717) is 0 Å². The summed E-state index contributed by atoms with van der Waals surface area (Å²) in [4.78, 5) is 5.50. The van der Waals surface area contributed by atoms with Crippen molar-refractivity contribution in [2.24, 2.45) is 11.7 Å². The molecule has 0 aromatic heterocycles. The quantitative estimate of drug-likeness (QED) is 0.799. The summed E-state index contributed by atoms with van der Waals surface area (Å²) in [5.41, 5.74) is 5.70. The number of hydrogen-bond acceptors (Lipinski definition) is 3. The number of nitrogens with zero attached hydrogens (tertiary/aromatic N) is 2. The first-order valence-electron chi connectivity index (χ1n) is 7.55. The Bertz CT molecular complexity index is 250. The SMILES string of the molecule is NCCC1CCCN(C2CCN(C3CC3)C2)C1. The first-order valence-corrected chi connectivity index (χ1v) is 7.55. The van der Waals surface area contributed by atoms with Crippen molar-refractivity contribution in [3.63, 3.8) is 0 Å². The highest BCUT2D eigenvalue weighted by Crippen LogP contribution is 2.32. The van der Waals surface area contributed by atoms with Crippen LogP contribution in [0, 0.1) is 5.92 Å². The summed E-state index contributed by atoms with van der Waals surface area (Å²) in [6, 6.07) is 1.82. The van der Waals surface area contributed by atoms with Crippen molar-refractivity contribution in [3.8, 4) is 0 Å². The maximum absolute atomic E-state index is 5.70. The molecule has 1 aliphatic carbocycles. The van der Waals surface area contributed by atoms with Crippen molar-refractivity contribution in [1.82, 2.24) is 9.80 Å². The molecule has 0 aromatic rings. The molecule has 2 N–H and O–H groups in total. The summed E-state index contributed by atoms with van der Waals surface area (Å²) in [5.74, 6) is 0.878. The van der Waals surface area contributed by atoms with Crippen LogP contribution in [0.3, 0.4) is 0 Å². The van der Waals surface area contributed by atoms with Crippen LogP contribution in [-0.4, -0.2) is 54.6 Å². The zero-order chi connectivity index (χ0) is 11.7. The van der Waals surface area contributed by atoms with Gasteiger partial charge in [0.05, 0.1) is 0 Å². The van der Waals surface area contributed by atoms with Crippen LogP contribution in [0.2, 0.25) is 0 Å². The van der Waals surface area contributed by atoms with Gasteiger partial charge in [-0.3, -0.25) is 9.80 Å². The topological polar surface area (TPSA) is 32.5 Å². The molecule has 98 valence electrons. The molecule has 17 heavy (non-hydrogen) atoms. The van der Waals surface area contributed by atoms with Crippen molar-refractivity contribution >= 4 is 0 Å². The second kappa shape index (κ2) is 5.25. The third-order valence-corrected chi connectivity index (χ3v) is 4.90. The lowest BCUT2D eigenvalue weighted by atomic mass is 9.93. The highest BCUT2D eigenvalue weighted by Gasteiger charge is 2.37. The van der Waals surface area contributed by atoms with Gasteiger partial charge in [-0.05, 0) is 57.5 Å². The Labute approximate surface area is 105 Å². The lowest BCUT2D eigenvalue weighted by Crippen LogP contribution is -2.44. The highest BCUT2D eigenvalue weighted by molar-refractivity contribution is 4.93. The number of likely N-dealkylation sites (tertiary alicyclic amines) is 2. The van der Waals surface area contributed by atoms with Gasteiger partial charge in [0.15, 0.2) is 0 Å². The molecule has 2 aliphatic heterocycles. The first-order chi connectivity index (χ1) is 8.36. The van der Waals surface area contributed by atoms with Crippen LogP contribution in [0.15, 0.2) is 0 Å². The second-order valence-corrected chi connectivity index (χ2v) is 6.25. The van der Waals surface area contributed by atoms with Gasteiger partial charge in [-0.1, -0.05) is 0 Å². The molecule has 3 nitrogen and oxygen atoms in total. The minimum atomic E-state index is 0.858. The van der Waals surface area contributed by atoms with Crippen LogP contribution in [0.5, 0.6) is 0 Å². The summed E-state index contributed by atoms with van der Waals surface area (Å²) in [7, 11) is 0. The van der Waals surface area contributed by atoms with E-state index in [4.69, 9.17) is 5.73 Å². The molecule has 2 heterocycles. The average molecular weight is 237 g/mol. The molecule has 0 spiro atoms. The van der Waals surface area contributed by atoms with Crippen molar-refractivity contribution in [1.29, 1.82) is 0 Å². The van der Waals surface area contributed by atoms with Crippen molar-refractivity contribution in [3.05, 3.63) is 0 Å². The van der Waals surface area contributed by atoms with E-state index >= 15 is 0 Å². The Morgan fingerprint density at radius 3 is 2.47 bits per heavy atom. The summed E-state index contributed by atoms with van der Waals surface area (Å²) in [6.07, 6.45) is 8.36. The third kappa shape index (κ3) is 2.83. The largest absolute Gasteiger partial charge is 0.330 e. The van der Waals surface area contributed by atoms with Gasteiger partial charge in [0.1, 0.15) is 0 Å². The van der Waals surface area contributed by atoms with Crippen LogP contribution in [0.1, 0.15) is 38.5 Å². The molecule has 2 atom stereocenters. The van der Waals surface area contributed by atoms with Crippen molar-refractivity contribution in [2.45, 2.75) is 50.6 Å². The highest BCUT2D eigenvalue weighted by atomic mass is 15.3. The molecule has 3 rings (SSSR count). The zero-order valence-corrected chi connectivity index (χ0v) is 11.0. The van der Waals surface area contributed by atoms with Crippen LogP contribution in [0.25, 0.3) is 0 Å². The molecule has 3 fully saturated rings. The predicted octanol–water partition coefficient (Wildman–Crippen LogP) is 1.28. The lowest BCUT2D eigenvalue weighted by Gasteiger charge is -2.36. The van der Waals surface area contributed by atoms with E-state index < -0.39 is 0 Å². The standard InChI is InChI=1S/C14H27N3/c15-7-5-12-2-1-8-16(10-12)14-6-9-17(11-14)13-3-4-13/h12-14H,1-11,15H2. The monoisotopic (exact) mass is 237 g/mol. The summed E-state index contributed by atoms with van der Waals surface area (Å²) < 4.78 is 0. The first kappa shape index (κ1) is 11.9. The zero-order valence-electron chi connectivity index (χ0n) is 11.0. The molecule has 0 aromatic carbocycles. The van der Waals surface area contributed by atoms with Gasteiger partial charge in [-0.2, -0.15) is 0 Å². The van der Waals surface area contributed by atoms with Gasteiger partial charge in [-0.15, -0.1) is 0 Å². The van der Waals surface area contributed by atoms with E-state index in [-0.39, 0.29) is 0 Å². The van der Waals surface area contributed by atoms with E-state index in [0.717, 1.165) is 24.5 Å². The van der Waals surface area contributed by atoms with Gasteiger partial charge in [0.25, 0.3) is 0 Å². The van der Waals surface area contributed by atoms with Gasteiger partial charge in [0, 0.05) is 31.7 Å². The molecule has 2 saturated heterocycles. The van der Waals surface area contributed by atoms with Gasteiger partial charge in [0.2, 0.25) is 0 Å². The van der Waals surface area contributed by atoms with Crippen LogP contribution >= 0.6 is 0 Å². The predicted molar refractivity (Wildman–Crippen MR) is 71.0 cm³/mol. The smallest absolute Gasteiger partial charge is 0.0235 e. The minimum absolute atomic E-state index is 0.858. The van der Waals surface area contributed by atoms with Gasteiger partial charge >= 0.3 is 0 Å². The van der Waals surface area contributed by atoms with E-state index in [1.54, 1.807) is 0 Å². The van der Waals surface area contributed by atoms with E-state index in [9.17, 15) is 0 Å². The molecule has 2 unspecified atom stereocenters. The number of nitrogens with two attached hydrogens (primary N) is 1. The second-order valence-electron chi connectivity index (χ2n) is 6.25. The summed E-state index contributed by atoms with van der Waals surface area (Å²) >= 11 is 0. The molecular weight excluding hydrogens is 210 g/mol. The Balaban J connectivity index is 1.50.